The lowest BCUT2D eigenvalue weighted by Crippen LogP contribution is -2.57. The second kappa shape index (κ2) is 19.8. The fraction of sp³-hybridized carbons (Fsp3) is 0.594. The van der Waals surface area contributed by atoms with E-state index in [9.17, 15) is 44.4 Å². The zero-order valence-electron chi connectivity index (χ0n) is 26.8. The standard InChI is InChI=1S/C32H44N2O14/c1-20(35)47-19-22-17-21(4-5-24(22)48-25-18-23(32(42)43)29(39)31(41)30(25)40)3-2-11-44-13-15-46-16-14-45-12-9-33-26(36)8-10-34-27(37)6-7-28(34)38/h4-7,17,23,25,29-31,39-41H,2-3,8-16,18-19H2,1H3,(H,33,36)(H,42,43)/t23-,25+,29+,30-,31-/m0/s1. The van der Waals surface area contributed by atoms with Gasteiger partial charge in [0.1, 0.15) is 30.7 Å². The van der Waals surface area contributed by atoms with Gasteiger partial charge in [-0.2, -0.15) is 0 Å². The molecule has 1 aliphatic carbocycles. The summed E-state index contributed by atoms with van der Waals surface area (Å²) in [5, 5.41) is 42.6. The summed E-state index contributed by atoms with van der Waals surface area (Å²) in [7, 11) is 0. The van der Waals surface area contributed by atoms with Gasteiger partial charge < -0.3 is 49.4 Å². The van der Waals surface area contributed by atoms with Gasteiger partial charge in [0.2, 0.25) is 5.91 Å². The number of rotatable bonds is 21. The van der Waals surface area contributed by atoms with Crippen molar-refractivity contribution in [2.75, 3.05) is 52.7 Å². The number of hydrogen-bond donors (Lipinski definition) is 5. The Morgan fingerprint density at radius 3 is 2.19 bits per heavy atom. The molecule has 2 aliphatic rings. The van der Waals surface area contributed by atoms with Crippen molar-refractivity contribution in [3.8, 4) is 5.75 Å². The van der Waals surface area contributed by atoms with E-state index >= 15 is 0 Å². The molecule has 1 heterocycles. The van der Waals surface area contributed by atoms with E-state index in [2.05, 4.69) is 5.32 Å². The Kier molecular flexibility index (Phi) is 15.9. The third-order valence-electron chi connectivity index (χ3n) is 7.66. The second-order valence-electron chi connectivity index (χ2n) is 11.2. The quantitative estimate of drug-likeness (QED) is 0.0603. The summed E-state index contributed by atoms with van der Waals surface area (Å²) in [5.74, 6) is -4.04. The van der Waals surface area contributed by atoms with Gasteiger partial charge in [0, 0.05) is 57.2 Å². The first-order chi connectivity index (χ1) is 23.0. The molecule has 3 rings (SSSR count). The topological polar surface area (TPSA) is 228 Å². The van der Waals surface area contributed by atoms with Crippen LogP contribution in [0.1, 0.15) is 37.3 Å². The first-order valence-electron chi connectivity index (χ1n) is 15.7. The number of esters is 1. The van der Waals surface area contributed by atoms with Gasteiger partial charge in [-0.1, -0.05) is 6.07 Å². The summed E-state index contributed by atoms with van der Waals surface area (Å²) in [6.45, 7) is 3.61. The highest BCUT2D eigenvalue weighted by Crippen LogP contribution is 2.31. The molecule has 0 bridgehead atoms. The van der Waals surface area contributed by atoms with Gasteiger partial charge in [-0.25, -0.2) is 0 Å². The van der Waals surface area contributed by atoms with Crippen LogP contribution in [0.15, 0.2) is 30.4 Å². The van der Waals surface area contributed by atoms with E-state index in [0.29, 0.717) is 51.4 Å². The van der Waals surface area contributed by atoms with Crippen LogP contribution in [0.2, 0.25) is 0 Å². The van der Waals surface area contributed by atoms with Crippen LogP contribution in [0, 0.1) is 5.92 Å². The molecule has 16 heteroatoms. The van der Waals surface area contributed by atoms with E-state index in [1.165, 1.54) is 19.1 Å². The van der Waals surface area contributed by atoms with Crippen molar-refractivity contribution in [2.45, 2.75) is 63.6 Å². The lowest BCUT2D eigenvalue weighted by molar-refractivity contribution is -0.174. The maximum Gasteiger partial charge on any atom is 0.309 e. The molecule has 48 heavy (non-hydrogen) atoms. The number of nitrogens with one attached hydrogen (secondary N) is 1. The van der Waals surface area contributed by atoms with E-state index in [-0.39, 0.29) is 50.8 Å². The van der Waals surface area contributed by atoms with Crippen LogP contribution >= 0.6 is 0 Å². The average Bonchev–Trinajstić information content (AvgIpc) is 3.37. The smallest absolute Gasteiger partial charge is 0.309 e. The number of carbonyl (C=O) groups is 5. The first kappa shape index (κ1) is 38.5. The molecule has 16 nitrogen and oxygen atoms in total. The number of hydrogen-bond acceptors (Lipinski definition) is 13. The van der Waals surface area contributed by atoms with E-state index in [0.717, 1.165) is 10.5 Å². The third-order valence-corrected chi connectivity index (χ3v) is 7.66. The monoisotopic (exact) mass is 680 g/mol. The predicted molar refractivity (Wildman–Crippen MR) is 164 cm³/mol. The molecule has 1 fully saturated rings. The molecule has 1 aliphatic heterocycles. The molecule has 0 saturated heterocycles. The predicted octanol–water partition coefficient (Wildman–Crippen LogP) is -0.902. The molecular formula is C32H44N2O14. The van der Waals surface area contributed by atoms with Crippen LogP contribution in [0.25, 0.3) is 0 Å². The summed E-state index contributed by atoms with van der Waals surface area (Å²) in [6, 6.07) is 5.18. The number of amides is 3. The van der Waals surface area contributed by atoms with E-state index in [1.807, 2.05) is 0 Å². The number of carboxylic acids is 1. The SMILES string of the molecule is CC(=O)OCc1cc(CCCOCCOCCOCCNC(=O)CCN2C(=O)C=CC2=O)ccc1O[C@@H]1C[C@H](C(=O)O)[C@@H](O)[C@H](O)[C@H]1O. The van der Waals surface area contributed by atoms with Crippen molar-refractivity contribution in [1.29, 1.82) is 0 Å². The number of aliphatic hydroxyl groups is 3. The van der Waals surface area contributed by atoms with Crippen molar-refractivity contribution in [1.82, 2.24) is 10.2 Å². The van der Waals surface area contributed by atoms with Crippen LogP contribution in [-0.4, -0.2) is 132 Å². The summed E-state index contributed by atoms with van der Waals surface area (Å²) in [6.07, 6.45) is -2.54. The zero-order valence-corrected chi connectivity index (χ0v) is 26.8. The maximum atomic E-state index is 11.8. The van der Waals surface area contributed by atoms with Crippen LogP contribution in [0.3, 0.4) is 0 Å². The van der Waals surface area contributed by atoms with Crippen molar-refractivity contribution in [3.05, 3.63) is 41.5 Å². The molecule has 0 radical (unpaired) electrons. The van der Waals surface area contributed by atoms with Crippen molar-refractivity contribution in [2.24, 2.45) is 5.92 Å². The highest BCUT2D eigenvalue weighted by molar-refractivity contribution is 6.13. The van der Waals surface area contributed by atoms with Gasteiger partial charge in [-0.15, -0.1) is 0 Å². The Morgan fingerprint density at radius 2 is 1.54 bits per heavy atom. The molecule has 1 aromatic carbocycles. The van der Waals surface area contributed by atoms with Crippen LogP contribution in [-0.2, 0) is 55.9 Å². The number of imide groups is 1. The van der Waals surface area contributed by atoms with E-state index < -0.39 is 54.1 Å². The van der Waals surface area contributed by atoms with Gasteiger partial charge in [-0.05, 0) is 30.5 Å². The molecule has 3 amide bonds. The zero-order chi connectivity index (χ0) is 35.1. The van der Waals surface area contributed by atoms with Crippen LogP contribution < -0.4 is 10.1 Å². The number of aliphatic hydroxyl groups excluding tert-OH is 3. The van der Waals surface area contributed by atoms with Crippen LogP contribution in [0.5, 0.6) is 5.75 Å². The second-order valence-corrected chi connectivity index (χ2v) is 11.2. The third kappa shape index (κ3) is 12.3. The van der Waals surface area contributed by atoms with Crippen molar-refractivity contribution in [3.63, 3.8) is 0 Å². The Bertz CT molecular complexity index is 1270. The van der Waals surface area contributed by atoms with Gasteiger partial charge in [-0.3, -0.25) is 28.9 Å². The number of benzene rings is 1. The lowest BCUT2D eigenvalue weighted by Gasteiger charge is -2.38. The fourth-order valence-electron chi connectivity index (χ4n) is 5.05. The number of carbonyl (C=O) groups excluding carboxylic acids is 4. The molecular weight excluding hydrogens is 636 g/mol. The summed E-state index contributed by atoms with van der Waals surface area (Å²) in [4.78, 5) is 58.8. The van der Waals surface area contributed by atoms with Crippen LogP contribution in [0.4, 0.5) is 0 Å². The fourth-order valence-corrected chi connectivity index (χ4v) is 5.05. The van der Waals surface area contributed by atoms with Gasteiger partial charge in [0.15, 0.2) is 0 Å². The maximum absolute atomic E-state index is 11.8. The minimum absolute atomic E-state index is 0.0180. The minimum atomic E-state index is -1.70. The summed E-state index contributed by atoms with van der Waals surface area (Å²) in [5.41, 5.74) is 1.39. The Hall–Kier alpha value is -3.93. The minimum Gasteiger partial charge on any atom is -0.487 e. The first-order valence-corrected chi connectivity index (χ1v) is 15.7. The van der Waals surface area contributed by atoms with Crippen molar-refractivity contribution >= 4 is 29.7 Å². The largest absolute Gasteiger partial charge is 0.487 e. The van der Waals surface area contributed by atoms with Gasteiger partial charge in [0.25, 0.3) is 11.8 Å². The highest BCUT2D eigenvalue weighted by Gasteiger charge is 2.47. The Morgan fingerprint density at radius 1 is 0.896 bits per heavy atom. The molecule has 5 atom stereocenters. The normalized spacial score (nSPS) is 22.2. The highest BCUT2D eigenvalue weighted by atomic mass is 16.5. The summed E-state index contributed by atoms with van der Waals surface area (Å²) < 4.78 is 27.5. The number of carboxylic acid groups (broad SMARTS) is 1. The Labute approximate surface area is 277 Å². The molecule has 0 aromatic heterocycles. The van der Waals surface area contributed by atoms with E-state index in [1.54, 1.807) is 18.2 Å². The molecule has 266 valence electrons. The number of nitrogens with zero attached hydrogens (tertiary/aromatic N) is 1. The molecule has 0 unspecified atom stereocenters. The molecule has 1 aromatic rings. The molecule has 1 saturated carbocycles. The van der Waals surface area contributed by atoms with Gasteiger partial charge >= 0.3 is 11.9 Å². The van der Waals surface area contributed by atoms with Gasteiger partial charge in [0.05, 0.1) is 45.1 Å². The molecule has 5 N–H and O–H groups in total. The number of aliphatic carboxylic acids is 1. The lowest BCUT2D eigenvalue weighted by atomic mass is 9.80. The summed E-state index contributed by atoms with van der Waals surface area (Å²) >= 11 is 0. The average molecular weight is 681 g/mol. The molecule has 0 spiro atoms. The van der Waals surface area contributed by atoms with Crippen molar-refractivity contribution < 1.29 is 68.1 Å². The van der Waals surface area contributed by atoms with E-state index in [4.69, 9.17) is 23.7 Å². The number of ether oxygens (including phenoxy) is 5. The Balaban J connectivity index is 1.27. The number of aryl methyl sites for hydroxylation is 1.